The fourth-order valence-corrected chi connectivity index (χ4v) is 5.15. The van der Waals surface area contributed by atoms with Crippen molar-refractivity contribution >= 4 is 26.0 Å². The molecule has 0 spiro atoms. The maximum Gasteiger partial charge on any atom is 0.407 e. The zero-order valence-corrected chi connectivity index (χ0v) is 22.4. The second-order valence-corrected chi connectivity index (χ2v) is 15.4. The van der Waals surface area contributed by atoms with Gasteiger partial charge in [0.25, 0.3) is 0 Å². The van der Waals surface area contributed by atoms with Gasteiger partial charge < -0.3 is 19.4 Å². The molecule has 1 heterocycles. The predicted octanol–water partition coefficient (Wildman–Crippen LogP) is 6.05. The Balaban J connectivity index is 1.85. The molecule has 0 bridgehead atoms. The van der Waals surface area contributed by atoms with Crippen LogP contribution in [0.4, 0.5) is 10.5 Å². The second-order valence-electron chi connectivity index (χ2n) is 10.6. The number of anilines is 1. The highest BCUT2D eigenvalue weighted by molar-refractivity contribution is 6.74. The Hall–Kier alpha value is -2.64. The van der Waals surface area contributed by atoms with E-state index in [4.69, 9.17) is 9.16 Å². The molecule has 1 N–H and O–H groups in total. The van der Waals surface area contributed by atoms with Crippen molar-refractivity contribution < 1.29 is 18.8 Å². The molecule has 6 nitrogen and oxygen atoms in total. The number of rotatable bonds is 6. The minimum absolute atomic E-state index is 0.0340. The first kappa shape index (κ1) is 26.0. The van der Waals surface area contributed by atoms with Crippen LogP contribution in [-0.2, 0) is 20.6 Å². The van der Waals surface area contributed by atoms with E-state index in [1.165, 1.54) is 0 Å². The van der Waals surface area contributed by atoms with E-state index in [-0.39, 0.29) is 35.6 Å². The zero-order valence-electron chi connectivity index (χ0n) is 21.4. The van der Waals surface area contributed by atoms with Crippen molar-refractivity contribution in [2.24, 2.45) is 5.92 Å². The summed E-state index contributed by atoms with van der Waals surface area (Å²) in [7, 11) is -2.03. The van der Waals surface area contributed by atoms with Gasteiger partial charge in [-0.05, 0) is 35.3 Å². The number of carbonyl (C=O) groups excluding carboxylic acids is 2. The summed E-state index contributed by atoms with van der Waals surface area (Å²) in [6.07, 6.45) is -0.476. The summed E-state index contributed by atoms with van der Waals surface area (Å²) in [5, 5.41) is 3.13. The summed E-state index contributed by atoms with van der Waals surface area (Å²) >= 11 is 0. The van der Waals surface area contributed by atoms with Gasteiger partial charge >= 0.3 is 6.09 Å². The lowest BCUT2D eigenvalue weighted by atomic mass is 9.82. The quantitative estimate of drug-likeness (QED) is 0.509. The van der Waals surface area contributed by atoms with Gasteiger partial charge in [0, 0.05) is 18.5 Å². The average molecular weight is 483 g/mol. The van der Waals surface area contributed by atoms with Crippen molar-refractivity contribution in [3.63, 3.8) is 0 Å². The largest absolute Gasteiger partial charge is 0.445 e. The standard InChI is InChI=1S/C27H38N2O4Si/c1-19-24(18-33-34(6,7)27(3,4)5)29(20(2)30)23-16-12-11-15-22(23)25(19)28-26(31)32-17-21-13-9-8-10-14-21/h8-16,19,24-25H,17-18H2,1-7H3,(H,28,31)/t19?,24-,25?/m0/s1. The van der Waals surface area contributed by atoms with E-state index < -0.39 is 14.4 Å². The van der Waals surface area contributed by atoms with Crippen molar-refractivity contribution in [3.8, 4) is 0 Å². The van der Waals surface area contributed by atoms with Crippen molar-refractivity contribution in [1.82, 2.24) is 5.32 Å². The number of nitrogens with one attached hydrogen (secondary N) is 1. The van der Waals surface area contributed by atoms with Crippen LogP contribution in [0.1, 0.15) is 51.8 Å². The summed E-state index contributed by atoms with van der Waals surface area (Å²) in [4.78, 5) is 27.4. The van der Waals surface area contributed by atoms with Gasteiger partial charge in [0.05, 0.1) is 18.7 Å². The molecule has 1 aliphatic rings. The minimum atomic E-state index is -2.03. The number of para-hydroxylation sites is 1. The van der Waals surface area contributed by atoms with Gasteiger partial charge in [0.2, 0.25) is 5.91 Å². The molecule has 0 aliphatic carbocycles. The van der Waals surface area contributed by atoms with Crippen LogP contribution in [0.2, 0.25) is 18.1 Å². The van der Waals surface area contributed by atoms with Gasteiger partial charge in [0.1, 0.15) is 6.61 Å². The number of amides is 2. The maximum absolute atomic E-state index is 12.8. The van der Waals surface area contributed by atoms with Crippen LogP contribution in [0.25, 0.3) is 0 Å². The molecule has 184 valence electrons. The Morgan fingerprint density at radius 2 is 1.65 bits per heavy atom. The Kier molecular flexibility index (Phi) is 7.88. The molecular formula is C27H38N2O4Si. The van der Waals surface area contributed by atoms with Crippen molar-refractivity contribution in [1.29, 1.82) is 0 Å². The lowest BCUT2D eigenvalue weighted by Crippen LogP contribution is -2.55. The van der Waals surface area contributed by atoms with Crippen molar-refractivity contribution in [2.45, 2.75) is 71.4 Å². The van der Waals surface area contributed by atoms with E-state index in [0.29, 0.717) is 6.61 Å². The van der Waals surface area contributed by atoms with Gasteiger partial charge in [-0.2, -0.15) is 0 Å². The molecular weight excluding hydrogens is 444 g/mol. The van der Waals surface area contributed by atoms with E-state index >= 15 is 0 Å². The van der Waals surface area contributed by atoms with Gasteiger partial charge in [-0.1, -0.05) is 76.2 Å². The van der Waals surface area contributed by atoms with Gasteiger partial charge in [-0.3, -0.25) is 4.79 Å². The molecule has 2 amide bonds. The third-order valence-electron chi connectivity index (χ3n) is 7.24. The predicted molar refractivity (Wildman–Crippen MR) is 138 cm³/mol. The van der Waals surface area contributed by atoms with Gasteiger partial charge in [-0.15, -0.1) is 0 Å². The third kappa shape index (κ3) is 5.70. The first-order chi connectivity index (χ1) is 15.9. The number of alkyl carbamates (subject to hydrolysis) is 1. The van der Waals surface area contributed by atoms with Crippen LogP contribution in [-0.4, -0.2) is 33.0 Å². The highest BCUT2D eigenvalue weighted by atomic mass is 28.4. The molecule has 2 unspecified atom stereocenters. The molecule has 34 heavy (non-hydrogen) atoms. The number of benzene rings is 2. The highest BCUT2D eigenvalue weighted by Crippen LogP contribution is 2.42. The number of hydrogen-bond acceptors (Lipinski definition) is 4. The van der Waals surface area contributed by atoms with Crippen LogP contribution < -0.4 is 10.2 Å². The molecule has 2 aromatic rings. The molecule has 0 saturated heterocycles. The average Bonchev–Trinajstić information content (AvgIpc) is 2.78. The summed E-state index contributed by atoms with van der Waals surface area (Å²) in [5.74, 6) is -0.110. The number of fused-ring (bicyclic) bond motifs is 1. The normalized spacial score (nSPS) is 20.4. The fourth-order valence-electron chi connectivity index (χ4n) is 4.13. The van der Waals surface area contributed by atoms with E-state index in [9.17, 15) is 9.59 Å². The van der Waals surface area contributed by atoms with Crippen LogP contribution in [0.5, 0.6) is 0 Å². The van der Waals surface area contributed by atoms with Gasteiger partial charge in [0.15, 0.2) is 8.32 Å². The monoisotopic (exact) mass is 482 g/mol. The van der Waals surface area contributed by atoms with Crippen molar-refractivity contribution in [3.05, 3.63) is 65.7 Å². The van der Waals surface area contributed by atoms with Crippen LogP contribution in [0.15, 0.2) is 54.6 Å². The summed E-state index contributed by atoms with van der Waals surface area (Å²) in [5.41, 5.74) is 2.65. The molecule has 3 atom stereocenters. The fraction of sp³-hybridized carbons (Fsp3) is 0.481. The molecule has 7 heteroatoms. The minimum Gasteiger partial charge on any atom is -0.445 e. The summed E-state index contributed by atoms with van der Waals surface area (Å²) in [6, 6.07) is 16.8. The number of ether oxygens (including phenoxy) is 1. The van der Waals surface area contributed by atoms with Crippen LogP contribution >= 0.6 is 0 Å². The Morgan fingerprint density at radius 3 is 2.26 bits per heavy atom. The van der Waals surface area contributed by atoms with E-state index in [1.54, 1.807) is 6.92 Å². The molecule has 3 rings (SSSR count). The van der Waals surface area contributed by atoms with E-state index in [1.807, 2.05) is 59.5 Å². The molecule has 1 aliphatic heterocycles. The first-order valence-corrected chi connectivity index (χ1v) is 14.8. The van der Waals surface area contributed by atoms with Crippen LogP contribution in [0, 0.1) is 5.92 Å². The summed E-state index contributed by atoms with van der Waals surface area (Å²) in [6.45, 7) is 15.3. The maximum atomic E-state index is 12.8. The first-order valence-electron chi connectivity index (χ1n) is 11.9. The molecule has 0 fully saturated rings. The molecule has 0 aromatic heterocycles. The smallest absolute Gasteiger partial charge is 0.407 e. The molecule has 2 aromatic carbocycles. The topological polar surface area (TPSA) is 67.9 Å². The summed E-state index contributed by atoms with van der Waals surface area (Å²) < 4.78 is 12.1. The van der Waals surface area contributed by atoms with E-state index in [2.05, 4.69) is 46.1 Å². The number of carbonyl (C=O) groups is 2. The van der Waals surface area contributed by atoms with Crippen molar-refractivity contribution in [2.75, 3.05) is 11.5 Å². The SMILES string of the molecule is CC(=O)N1c2ccccc2C(NC(=O)OCc2ccccc2)C(C)[C@@H]1CO[Si](C)(C)C(C)(C)C. The number of nitrogens with zero attached hydrogens (tertiary/aromatic N) is 1. The second kappa shape index (κ2) is 10.3. The number of hydrogen-bond donors (Lipinski definition) is 1. The lowest BCUT2D eigenvalue weighted by molar-refractivity contribution is -0.117. The van der Waals surface area contributed by atoms with Gasteiger partial charge in [-0.25, -0.2) is 4.79 Å². The highest BCUT2D eigenvalue weighted by Gasteiger charge is 2.44. The Morgan fingerprint density at radius 1 is 1.03 bits per heavy atom. The third-order valence-corrected chi connectivity index (χ3v) is 11.7. The van der Waals surface area contributed by atoms with Crippen LogP contribution in [0.3, 0.4) is 0 Å². The lowest BCUT2D eigenvalue weighted by Gasteiger charge is -2.46. The Bertz CT molecular complexity index is 1000. The molecule has 0 saturated carbocycles. The van der Waals surface area contributed by atoms with E-state index in [0.717, 1.165) is 16.8 Å². The molecule has 0 radical (unpaired) electrons. The Labute approximate surface area is 204 Å². The zero-order chi connectivity index (χ0) is 25.1.